The van der Waals surface area contributed by atoms with Gasteiger partial charge in [0, 0.05) is 35.7 Å². The Morgan fingerprint density at radius 1 is 0.844 bits per heavy atom. The summed E-state index contributed by atoms with van der Waals surface area (Å²) in [7, 11) is 0. The number of urea groups is 1. The number of amides is 3. The molecule has 3 heterocycles. The van der Waals surface area contributed by atoms with Crippen LogP contribution in [0.4, 0.5) is 16.3 Å². The molecule has 2 aliphatic heterocycles. The van der Waals surface area contributed by atoms with Crippen LogP contribution >= 0.6 is 0 Å². The fourth-order valence-corrected chi connectivity index (χ4v) is 7.00. The number of nitrogens with one attached hydrogen (secondary N) is 2. The van der Waals surface area contributed by atoms with Crippen molar-refractivity contribution >= 4 is 23.4 Å². The zero-order chi connectivity index (χ0) is 31.6. The molecule has 2 aliphatic rings. The largest absolute Gasteiger partial charge is 0.337 e. The smallest absolute Gasteiger partial charge is 0.324 e. The van der Waals surface area contributed by atoms with Gasteiger partial charge in [0.2, 0.25) is 5.91 Å². The highest BCUT2D eigenvalue weighted by Gasteiger charge is 2.42. The first-order chi connectivity index (χ1) is 21.6. The molecule has 2 atom stereocenters. The molecule has 2 bridgehead atoms. The van der Waals surface area contributed by atoms with Crippen LogP contribution in [0.2, 0.25) is 0 Å². The van der Waals surface area contributed by atoms with Gasteiger partial charge in [-0.1, -0.05) is 80.9 Å². The lowest BCUT2D eigenvalue weighted by Crippen LogP contribution is -2.47. The molecule has 7 nitrogen and oxygen atoms in total. The molecule has 3 aromatic carbocycles. The third-order valence-electron chi connectivity index (χ3n) is 9.30. The number of aromatic nitrogens is 2. The number of carbonyl (C=O) groups excluding carboxylic acids is 2. The molecule has 1 aromatic heterocycles. The Bertz CT molecular complexity index is 1620. The Morgan fingerprint density at radius 2 is 1.53 bits per heavy atom. The topological polar surface area (TPSA) is 79.3 Å². The molecular formula is C38H45N5O2. The molecule has 45 heavy (non-hydrogen) atoms. The Labute approximate surface area is 267 Å². The molecule has 0 aliphatic carbocycles. The van der Waals surface area contributed by atoms with E-state index in [-0.39, 0.29) is 11.4 Å². The molecule has 2 unspecified atom stereocenters. The van der Waals surface area contributed by atoms with Crippen molar-refractivity contribution < 1.29 is 9.59 Å². The fourth-order valence-electron chi connectivity index (χ4n) is 7.00. The van der Waals surface area contributed by atoms with Crippen molar-refractivity contribution in [3.05, 3.63) is 107 Å². The predicted octanol–water partition coefficient (Wildman–Crippen LogP) is 8.07. The summed E-state index contributed by atoms with van der Waals surface area (Å²) < 4.78 is 1.79. The average Bonchev–Trinajstić information content (AvgIpc) is 3.55. The van der Waals surface area contributed by atoms with Gasteiger partial charge in [0.15, 0.2) is 0 Å². The van der Waals surface area contributed by atoms with Gasteiger partial charge in [0.05, 0.1) is 11.4 Å². The minimum Gasteiger partial charge on any atom is -0.337 e. The van der Waals surface area contributed by atoms with Gasteiger partial charge in [0.25, 0.3) is 0 Å². The highest BCUT2D eigenvalue weighted by molar-refractivity contribution is 5.99. The van der Waals surface area contributed by atoms with Gasteiger partial charge in [0.1, 0.15) is 5.82 Å². The van der Waals surface area contributed by atoms with Crippen LogP contribution in [-0.4, -0.2) is 38.7 Å². The van der Waals surface area contributed by atoms with E-state index >= 15 is 0 Å². The summed E-state index contributed by atoms with van der Waals surface area (Å²) in [6, 6.07) is 28.9. The summed E-state index contributed by atoms with van der Waals surface area (Å²) in [5.74, 6) is 1.46. The Morgan fingerprint density at radius 3 is 2.22 bits per heavy atom. The first-order valence-corrected chi connectivity index (χ1v) is 16.3. The maximum atomic E-state index is 13.2. The molecule has 0 spiro atoms. The van der Waals surface area contributed by atoms with Gasteiger partial charge >= 0.3 is 6.03 Å². The number of nitrogens with zero attached hydrogens (tertiary/aromatic N) is 3. The van der Waals surface area contributed by atoms with Gasteiger partial charge in [-0.05, 0) is 86.8 Å². The predicted molar refractivity (Wildman–Crippen MR) is 181 cm³/mol. The Balaban J connectivity index is 1.07. The fraction of sp³-hybridized carbons (Fsp3) is 0.395. The second-order valence-electron chi connectivity index (χ2n) is 13.9. The van der Waals surface area contributed by atoms with Gasteiger partial charge < -0.3 is 10.2 Å². The normalized spacial score (nSPS) is 19.4. The Kier molecular flexibility index (Phi) is 8.79. The number of fused-ring (bicyclic) bond motifs is 2. The van der Waals surface area contributed by atoms with E-state index in [1.54, 1.807) is 4.68 Å². The minimum atomic E-state index is -0.304. The molecule has 2 fully saturated rings. The van der Waals surface area contributed by atoms with Crippen molar-refractivity contribution in [3.63, 3.8) is 0 Å². The lowest BCUT2D eigenvalue weighted by atomic mass is 9.85. The van der Waals surface area contributed by atoms with Gasteiger partial charge in [-0.15, -0.1) is 0 Å². The van der Waals surface area contributed by atoms with Gasteiger partial charge in [-0.25, -0.2) is 9.48 Å². The summed E-state index contributed by atoms with van der Waals surface area (Å²) >= 11 is 0. The van der Waals surface area contributed by atoms with Crippen molar-refractivity contribution in [2.45, 2.75) is 90.1 Å². The number of benzene rings is 3. The number of rotatable bonds is 8. The van der Waals surface area contributed by atoms with Crippen molar-refractivity contribution in [1.82, 2.24) is 14.7 Å². The minimum absolute atomic E-state index is 0.164. The zero-order valence-corrected chi connectivity index (χ0v) is 26.9. The number of anilines is 2. The van der Waals surface area contributed by atoms with Crippen LogP contribution in [0.15, 0.2) is 84.9 Å². The van der Waals surface area contributed by atoms with Gasteiger partial charge in [-0.2, -0.15) is 5.10 Å². The second-order valence-corrected chi connectivity index (χ2v) is 13.9. The van der Waals surface area contributed by atoms with Crippen molar-refractivity contribution in [2.24, 2.45) is 5.92 Å². The molecule has 0 radical (unpaired) electrons. The first-order valence-electron chi connectivity index (χ1n) is 16.3. The molecule has 4 aromatic rings. The highest BCUT2D eigenvalue weighted by atomic mass is 16.2. The van der Waals surface area contributed by atoms with E-state index in [9.17, 15) is 9.59 Å². The van der Waals surface area contributed by atoms with Crippen LogP contribution < -0.4 is 10.6 Å². The van der Waals surface area contributed by atoms with Crippen LogP contribution in [0.25, 0.3) is 5.69 Å². The van der Waals surface area contributed by atoms with Crippen LogP contribution in [-0.2, 0) is 23.1 Å². The Hall–Kier alpha value is -4.39. The summed E-state index contributed by atoms with van der Waals surface area (Å²) in [5, 5.41) is 10.9. The van der Waals surface area contributed by atoms with Crippen LogP contribution in [0.1, 0.15) is 75.3 Å². The number of hydrogen-bond donors (Lipinski definition) is 2. The maximum absolute atomic E-state index is 13.2. The van der Waals surface area contributed by atoms with Gasteiger partial charge in [-0.3, -0.25) is 10.1 Å². The van der Waals surface area contributed by atoms with Crippen molar-refractivity contribution in [1.29, 1.82) is 0 Å². The standard InChI is InChI=1S/C38H45N5O2/c1-26-13-16-31(17-14-26)43-35(25-34(41-43)38(2,3)4)40-37(45)39-30-12-8-11-28(22-30)21-29-23-32-18-19-33(24-29)42(32)36(44)20-15-27-9-6-5-7-10-27/h5-14,16-17,22,25,29,32-33H,15,18-21,23-24H2,1-4H3,(H2,39,40,45). The highest BCUT2D eigenvalue weighted by Crippen LogP contribution is 2.40. The molecule has 2 N–H and O–H groups in total. The summed E-state index contributed by atoms with van der Waals surface area (Å²) in [5.41, 5.74) is 5.99. The zero-order valence-electron chi connectivity index (χ0n) is 26.9. The first kappa shape index (κ1) is 30.6. The third-order valence-corrected chi connectivity index (χ3v) is 9.30. The maximum Gasteiger partial charge on any atom is 0.324 e. The van der Waals surface area contributed by atoms with E-state index in [2.05, 4.69) is 67.5 Å². The second kappa shape index (κ2) is 12.9. The molecule has 6 rings (SSSR count). The average molecular weight is 604 g/mol. The quantitative estimate of drug-likeness (QED) is 0.214. The van der Waals surface area contributed by atoms with Crippen molar-refractivity contribution in [3.8, 4) is 5.69 Å². The van der Waals surface area contributed by atoms with E-state index in [1.807, 2.05) is 60.7 Å². The van der Waals surface area contributed by atoms with E-state index in [0.717, 1.165) is 55.6 Å². The lowest BCUT2D eigenvalue weighted by Gasteiger charge is -2.39. The summed E-state index contributed by atoms with van der Waals surface area (Å²) in [4.78, 5) is 28.6. The molecule has 3 amide bonds. The molecule has 0 saturated carbocycles. The molecule has 2 saturated heterocycles. The van der Waals surface area contributed by atoms with E-state index in [4.69, 9.17) is 5.10 Å². The van der Waals surface area contributed by atoms with E-state index in [0.29, 0.717) is 36.1 Å². The van der Waals surface area contributed by atoms with Crippen LogP contribution in [0, 0.1) is 12.8 Å². The van der Waals surface area contributed by atoms with Crippen LogP contribution in [0.5, 0.6) is 0 Å². The molecule has 234 valence electrons. The van der Waals surface area contributed by atoms with E-state index in [1.165, 1.54) is 16.7 Å². The molecule has 7 heteroatoms. The monoisotopic (exact) mass is 603 g/mol. The SMILES string of the molecule is Cc1ccc(-n2nc(C(C)(C)C)cc2NC(=O)Nc2cccc(CC3CC4CCC(C3)N4C(=O)CCc3ccccc3)c2)cc1. The number of piperidine rings is 1. The lowest BCUT2D eigenvalue weighted by molar-refractivity contribution is -0.136. The third kappa shape index (κ3) is 7.30. The summed E-state index contributed by atoms with van der Waals surface area (Å²) in [6.07, 6.45) is 6.65. The summed E-state index contributed by atoms with van der Waals surface area (Å²) in [6.45, 7) is 8.40. The van der Waals surface area contributed by atoms with Crippen LogP contribution in [0.3, 0.4) is 0 Å². The number of aryl methyl sites for hydroxylation is 2. The number of hydrogen-bond acceptors (Lipinski definition) is 3. The van der Waals surface area contributed by atoms with Crippen molar-refractivity contribution in [2.75, 3.05) is 10.6 Å². The molecular weight excluding hydrogens is 558 g/mol. The number of carbonyl (C=O) groups is 2. The van der Waals surface area contributed by atoms with E-state index < -0.39 is 0 Å².